The maximum Gasteiger partial charge on any atom is 0.255 e. The van der Waals surface area contributed by atoms with Crippen LogP contribution < -0.4 is 5.32 Å². The Morgan fingerprint density at radius 3 is 2.39 bits per heavy atom. The first-order valence-electron chi connectivity index (χ1n) is 9.89. The van der Waals surface area contributed by atoms with E-state index in [9.17, 15) is 4.79 Å². The first-order valence-corrected chi connectivity index (χ1v) is 10.7. The van der Waals surface area contributed by atoms with Gasteiger partial charge in [-0.1, -0.05) is 15.9 Å². The van der Waals surface area contributed by atoms with Crippen molar-refractivity contribution >= 4 is 38.4 Å². The van der Waals surface area contributed by atoms with Crippen LogP contribution in [0.15, 0.2) is 102 Å². The summed E-state index contributed by atoms with van der Waals surface area (Å²) in [6.45, 7) is 0.761. The van der Waals surface area contributed by atoms with E-state index in [0.29, 0.717) is 11.3 Å². The van der Waals surface area contributed by atoms with Crippen molar-refractivity contribution < 1.29 is 4.79 Å². The number of hydrogen-bond acceptors (Lipinski definition) is 2. The van der Waals surface area contributed by atoms with Gasteiger partial charge in [0.05, 0.1) is 16.9 Å². The minimum atomic E-state index is -0.163. The lowest BCUT2D eigenvalue weighted by atomic mass is 10.1. The topological polar surface area (TPSA) is 51.9 Å². The summed E-state index contributed by atoms with van der Waals surface area (Å²) in [5, 5.41) is 4.08. The number of pyridine rings is 1. The minimum Gasteiger partial charge on any atom is -0.350 e. The Kier molecular flexibility index (Phi) is 5.14. The Labute approximate surface area is 188 Å². The second-order valence-electron chi connectivity index (χ2n) is 7.31. The average molecular weight is 471 g/mol. The number of fused-ring (bicyclic) bond motifs is 1. The zero-order valence-electron chi connectivity index (χ0n) is 16.6. The van der Waals surface area contributed by atoms with Gasteiger partial charge in [-0.2, -0.15) is 0 Å². The highest BCUT2D eigenvalue weighted by Crippen LogP contribution is 2.28. The molecule has 0 aliphatic carbocycles. The van der Waals surface area contributed by atoms with Crippen molar-refractivity contribution in [3.05, 3.63) is 113 Å². The average Bonchev–Trinajstić information content (AvgIpc) is 3.48. The van der Waals surface area contributed by atoms with Crippen LogP contribution >= 0.6 is 15.9 Å². The van der Waals surface area contributed by atoms with E-state index in [2.05, 4.69) is 42.9 Å². The van der Waals surface area contributed by atoms with Crippen LogP contribution in [0.25, 0.3) is 16.6 Å². The van der Waals surface area contributed by atoms with Gasteiger partial charge in [-0.25, -0.2) is 0 Å². The molecule has 0 radical (unpaired) electrons. The predicted molar refractivity (Wildman–Crippen MR) is 127 cm³/mol. The number of nitrogens with zero attached hydrogens (tertiary/aromatic N) is 3. The summed E-state index contributed by atoms with van der Waals surface area (Å²) in [4.78, 5) is 17.5. The molecule has 5 aromatic rings. The molecule has 0 aliphatic rings. The lowest BCUT2D eigenvalue weighted by molar-refractivity contribution is 0.102. The largest absolute Gasteiger partial charge is 0.350 e. The van der Waals surface area contributed by atoms with Crippen LogP contribution in [0.5, 0.6) is 0 Å². The fraction of sp³-hybridized carbons (Fsp3) is 0.0400. The first-order chi connectivity index (χ1) is 15.2. The van der Waals surface area contributed by atoms with Gasteiger partial charge < -0.3 is 14.5 Å². The standard InChI is InChI=1S/C25H19BrN4O/c26-21-7-5-19(6-8-21)25(31)28-23-15-22-20(14-24(23)30-11-3-4-12-30)13-18(16-27-22)17-29-9-1-2-10-29/h1-16H,17H2,(H,28,31). The molecule has 3 aromatic heterocycles. The molecule has 0 aliphatic heterocycles. The summed E-state index contributed by atoms with van der Waals surface area (Å²) in [7, 11) is 0. The zero-order valence-corrected chi connectivity index (χ0v) is 18.2. The van der Waals surface area contributed by atoms with Gasteiger partial charge in [-0.15, -0.1) is 0 Å². The van der Waals surface area contributed by atoms with E-state index in [4.69, 9.17) is 0 Å². The fourth-order valence-corrected chi connectivity index (χ4v) is 3.85. The number of rotatable bonds is 5. The van der Waals surface area contributed by atoms with E-state index in [-0.39, 0.29) is 5.91 Å². The molecule has 5 nitrogen and oxygen atoms in total. The van der Waals surface area contributed by atoms with E-state index < -0.39 is 0 Å². The normalized spacial score (nSPS) is 11.0. The number of benzene rings is 2. The van der Waals surface area contributed by atoms with Crippen molar-refractivity contribution in [3.63, 3.8) is 0 Å². The van der Waals surface area contributed by atoms with Gasteiger partial charge in [0.1, 0.15) is 0 Å². The number of carbonyl (C=O) groups is 1. The van der Waals surface area contributed by atoms with Crippen LogP contribution in [0.1, 0.15) is 15.9 Å². The maximum atomic E-state index is 12.9. The highest BCUT2D eigenvalue weighted by Gasteiger charge is 2.13. The van der Waals surface area contributed by atoms with Crippen molar-refractivity contribution in [1.29, 1.82) is 0 Å². The van der Waals surface area contributed by atoms with Gasteiger partial charge in [0, 0.05) is 53.0 Å². The highest BCUT2D eigenvalue weighted by molar-refractivity contribution is 9.10. The molecule has 2 aromatic carbocycles. The number of carbonyl (C=O) groups excluding carboxylic acids is 1. The van der Waals surface area contributed by atoms with Gasteiger partial charge in [-0.05, 0) is 72.3 Å². The first kappa shape index (κ1) is 19.3. The van der Waals surface area contributed by atoms with Gasteiger partial charge in [0.15, 0.2) is 0 Å². The second-order valence-corrected chi connectivity index (χ2v) is 8.23. The van der Waals surface area contributed by atoms with E-state index in [1.165, 1.54) is 0 Å². The molecule has 0 atom stereocenters. The van der Waals surface area contributed by atoms with Crippen LogP contribution in [0.3, 0.4) is 0 Å². The van der Waals surface area contributed by atoms with Crippen LogP contribution in [-0.2, 0) is 6.54 Å². The van der Waals surface area contributed by atoms with E-state index in [1.54, 1.807) is 12.1 Å². The molecule has 0 fully saturated rings. The molecule has 31 heavy (non-hydrogen) atoms. The van der Waals surface area contributed by atoms with E-state index >= 15 is 0 Å². The second kappa shape index (κ2) is 8.24. The molecule has 6 heteroatoms. The van der Waals surface area contributed by atoms with Gasteiger partial charge >= 0.3 is 0 Å². The summed E-state index contributed by atoms with van der Waals surface area (Å²) in [6.07, 6.45) is 9.89. The number of anilines is 1. The lowest BCUT2D eigenvalue weighted by Crippen LogP contribution is -2.13. The molecule has 0 saturated heterocycles. The number of nitrogens with one attached hydrogen (secondary N) is 1. The Bertz CT molecular complexity index is 1340. The van der Waals surface area contributed by atoms with Crippen molar-refractivity contribution in [2.24, 2.45) is 0 Å². The van der Waals surface area contributed by atoms with Gasteiger partial charge in [-0.3, -0.25) is 9.78 Å². The Hall–Kier alpha value is -3.64. The van der Waals surface area contributed by atoms with Crippen molar-refractivity contribution in [3.8, 4) is 5.69 Å². The SMILES string of the molecule is O=C(Nc1cc2ncc(Cn3cccc3)cc2cc1-n1cccc1)c1ccc(Br)cc1. The molecule has 3 heterocycles. The quantitative estimate of drug-likeness (QED) is 0.348. The van der Waals surface area contributed by atoms with E-state index in [1.807, 2.05) is 78.0 Å². The third-order valence-electron chi connectivity index (χ3n) is 5.12. The molecule has 5 rings (SSSR count). The third-order valence-corrected chi connectivity index (χ3v) is 5.65. The van der Waals surface area contributed by atoms with Crippen molar-refractivity contribution in [2.75, 3.05) is 5.32 Å². The fourth-order valence-electron chi connectivity index (χ4n) is 3.59. The monoisotopic (exact) mass is 470 g/mol. The third kappa shape index (κ3) is 4.15. The Morgan fingerprint density at radius 2 is 1.65 bits per heavy atom. The molecule has 0 saturated carbocycles. The molecule has 1 amide bonds. The highest BCUT2D eigenvalue weighted by atomic mass is 79.9. The molecule has 0 unspecified atom stereocenters. The molecule has 0 bridgehead atoms. The van der Waals surface area contributed by atoms with Crippen LogP contribution in [0, 0.1) is 0 Å². The zero-order chi connectivity index (χ0) is 21.2. The van der Waals surface area contributed by atoms with Crippen LogP contribution in [0.4, 0.5) is 5.69 Å². The van der Waals surface area contributed by atoms with Crippen molar-refractivity contribution in [1.82, 2.24) is 14.1 Å². The van der Waals surface area contributed by atoms with Gasteiger partial charge in [0.25, 0.3) is 5.91 Å². The van der Waals surface area contributed by atoms with E-state index in [0.717, 1.165) is 33.2 Å². The molecule has 152 valence electrons. The number of amides is 1. The molecule has 1 N–H and O–H groups in total. The number of halogens is 1. The summed E-state index contributed by atoms with van der Waals surface area (Å²) in [5.74, 6) is -0.163. The number of hydrogen-bond donors (Lipinski definition) is 1. The summed E-state index contributed by atoms with van der Waals surface area (Å²) in [6, 6.07) is 21.4. The Morgan fingerprint density at radius 1 is 0.935 bits per heavy atom. The lowest BCUT2D eigenvalue weighted by Gasteiger charge is -2.14. The minimum absolute atomic E-state index is 0.163. The predicted octanol–water partition coefficient (Wildman–Crippen LogP) is 5.89. The smallest absolute Gasteiger partial charge is 0.255 e. The van der Waals surface area contributed by atoms with Crippen LogP contribution in [-0.4, -0.2) is 20.0 Å². The Balaban J connectivity index is 1.54. The van der Waals surface area contributed by atoms with Crippen molar-refractivity contribution in [2.45, 2.75) is 6.54 Å². The van der Waals surface area contributed by atoms with Gasteiger partial charge in [0.2, 0.25) is 0 Å². The van der Waals surface area contributed by atoms with Crippen LogP contribution in [0.2, 0.25) is 0 Å². The molecular formula is C25H19BrN4O. The molecule has 0 spiro atoms. The maximum absolute atomic E-state index is 12.9. The summed E-state index contributed by atoms with van der Waals surface area (Å²) < 4.78 is 5.04. The summed E-state index contributed by atoms with van der Waals surface area (Å²) >= 11 is 3.41. The summed E-state index contributed by atoms with van der Waals surface area (Å²) in [5.41, 5.74) is 4.15. The number of aromatic nitrogens is 3. The molecular weight excluding hydrogens is 452 g/mol.